The van der Waals surface area contributed by atoms with Gasteiger partial charge in [-0.05, 0) is 56.3 Å². The minimum Gasteiger partial charge on any atom is -0.454 e. The number of fused-ring (bicyclic) bond motifs is 1. The molecule has 3 heterocycles. The van der Waals surface area contributed by atoms with Gasteiger partial charge in [0.15, 0.2) is 17.3 Å². The van der Waals surface area contributed by atoms with Crippen molar-refractivity contribution in [3.05, 3.63) is 71.3 Å². The van der Waals surface area contributed by atoms with Gasteiger partial charge in [-0.2, -0.15) is 0 Å². The molecule has 0 spiro atoms. The van der Waals surface area contributed by atoms with Gasteiger partial charge >= 0.3 is 0 Å². The van der Waals surface area contributed by atoms with Crippen molar-refractivity contribution in [2.24, 2.45) is 0 Å². The lowest BCUT2D eigenvalue weighted by molar-refractivity contribution is 0.102. The van der Waals surface area contributed by atoms with E-state index in [2.05, 4.69) is 10.2 Å². The minimum absolute atomic E-state index is 0.0448. The summed E-state index contributed by atoms with van der Waals surface area (Å²) < 4.78 is 31.6. The topological polar surface area (TPSA) is 79.4 Å². The third kappa shape index (κ3) is 3.75. The Morgan fingerprint density at radius 1 is 1.06 bits per heavy atom. The molecule has 2 aromatic carbocycles. The highest BCUT2D eigenvalue weighted by Gasteiger charge is 2.20. The number of rotatable bonds is 6. The SMILES string of the molecule is Cc1cc(C(=O)CSc2nnc(-c3ccc(F)cc3)o2)c(C)n1-c1ccc2c(c1)OCO2. The number of halogens is 1. The average Bonchev–Trinajstić information content (AvgIpc) is 3.51. The molecule has 0 fully saturated rings. The Balaban J connectivity index is 1.31. The maximum atomic E-state index is 13.1. The summed E-state index contributed by atoms with van der Waals surface area (Å²) in [7, 11) is 0. The Labute approximate surface area is 187 Å². The summed E-state index contributed by atoms with van der Waals surface area (Å²) in [6.45, 7) is 4.07. The van der Waals surface area contributed by atoms with Crippen LogP contribution in [-0.2, 0) is 0 Å². The second-order valence-corrected chi connectivity index (χ2v) is 8.18. The first-order valence-electron chi connectivity index (χ1n) is 9.84. The number of ether oxygens (including phenoxy) is 2. The van der Waals surface area contributed by atoms with Gasteiger partial charge in [0.1, 0.15) is 5.82 Å². The number of ketones is 1. The highest BCUT2D eigenvalue weighted by molar-refractivity contribution is 7.99. The lowest BCUT2D eigenvalue weighted by Gasteiger charge is -2.10. The summed E-state index contributed by atoms with van der Waals surface area (Å²) >= 11 is 1.17. The molecule has 7 nitrogen and oxygen atoms in total. The molecule has 0 amide bonds. The first-order chi connectivity index (χ1) is 15.5. The molecule has 1 aliphatic heterocycles. The average molecular weight is 451 g/mol. The van der Waals surface area contributed by atoms with Crippen molar-refractivity contribution in [2.75, 3.05) is 12.5 Å². The van der Waals surface area contributed by atoms with Crippen LogP contribution in [0.1, 0.15) is 21.7 Å². The largest absolute Gasteiger partial charge is 0.454 e. The fourth-order valence-electron chi connectivity index (χ4n) is 3.65. The van der Waals surface area contributed by atoms with Crippen LogP contribution in [-0.4, -0.2) is 33.1 Å². The molecule has 32 heavy (non-hydrogen) atoms. The van der Waals surface area contributed by atoms with E-state index in [0.717, 1.165) is 17.1 Å². The molecule has 0 aliphatic carbocycles. The zero-order valence-corrected chi connectivity index (χ0v) is 18.1. The molecule has 0 saturated heterocycles. The maximum Gasteiger partial charge on any atom is 0.277 e. The molecule has 5 rings (SSSR count). The van der Waals surface area contributed by atoms with Crippen molar-refractivity contribution in [3.8, 4) is 28.6 Å². The van der Waals surface area contributed by atoms with Crippen LogP contribution >= 0.6 is 11.8 Å². The quantitative estimate of drug-likeness (QED) is 0.302. The summed E-state index contributed by atoms with van der Waals surface area (Å²) in [5.74, 6) is 1.44. The predicted octanol–water partition coefficient (Wildman–Crippen LogP) is 4.99. The first-order valence-corrected chi connectivity index (χ1v) is 10.8. The zero-order valence-electron chi connectivity index (χ0n) is 17.3. The Hall–Kier alpha value is -3.59. The molecule has 1 aliphatic rings. The molecule has 0 atom stereocenters. The summed E-state index contributed by atoms with van der Waals surface area (Å²) in [5.41, 5.74) is 3.92. The van der Waals surface area contributed by atoms with Crippen molar-refractivity contribution in [3.63, 3.8) is 0 Å². The second kappa shape index (κ2) is 8.16. The molecular formula is C23H18FN3O4S. The number of carbonyl (C=O) groups excluding carboxylic acids is 1. The van der Waals surface area contributed by atoms with E-state index in [4.69, 9.17) is 13.9 Å². The molecule has 0 unspecified atom stereocenters. The van der Waals surface area contributed by atoms with Crippen LogP contribution in [0.15, 0.2) is 58.2 Å². The van der Waals surface area contributed by atoms with Gasteiger partial charge in [0.25, 0.3) is 5.22 Å². The van der Waals surface area contributed by atoms with Gasteiger partial charge in [-0.15, -0.1) is 10.2 Å². The van der Waals surface area contributed by atoms with Crippen LogP contribution in [0.3, 0.4) is 0 Å². The lowest BCUT2D eigenvalue weighted by Crippen LogP contribution is -2.05. The second-order valence-electron chi connectivity index (χ2n) is 7.25. The molecule has 4 aromatic rings. The number of aryl methyl sites for hydroxylation is 1. The van der Waals surface area contributed by atoms with E-state index in [0.29, 0.717) is 22.6 Å². The van der Waals surface area contributed by atoms with Gasteiger partial charge < -0.3 is 18.5 Å². The Bertz CT molecular complexity index is 1310. The number of thioether (sulfide) groups is 1. The number of benzene rings is 2. The smallest absolute Gasteiger partial charge is 0.277 e. The number of Topliss-reactive ketones (excluding diaryl/α,β-unsaturated/α-hetero) is 1. The van der Waals surface area contributed by atoms with Gasteiger partial charge in [-0.3, -0.25) is 4.79 Å². The van der Waals surface area contributed by atoms with E-state index in [1.54, 1.807) is 12.1 Å². The van der Waals surface area contributed by atoms with Crippen LogP contribution in [0.4, 0.5) is 4.39 Å². The normalized spacial score (nSPS) is 12.3. The van der Waals surface area contributed by atoms with Crippen molar-refractivity contribution >= 4 is 17.5 Å². The maximum absolute atomic E-state index is 13.1. The number of hydrogen-bond donors (Lipinski definition) is 0. The summed E-state index contributed by atoms with van der Waals surface area (Å²) in [4.78, 5) is 12.9. The minimum atomic E-state index is -0.341. The van der Waals surface area contributed by atoms with Gasteiger partial charge in [0, 0.05) is 34.3 Å². The van der Waals surface area contributed by atoms with Crippen molar-refractivity contribution in [2.45, 2.75) is 19.1 Å². The third-order valence-electron chi connectivity index (χ3n) is 5.17. The fourth-order valence-corrected chi connectivity index (χ4v) is 4.30. The van der Waals surface area contributed by atoms with E-state index < -0.39 is 0 Å². The summed E-state index contributed by atoms with van der Waals surface area (Å²) in [6, 6.07) is 13.4. The highest BCUT2D eigenvalue weighted by atomic mass is 32.2. The standard InChI is InChI=1S/C23H18FN3O4S/c1-13-9-18(14(2)27(13)17-7-8-20-21(10-17)30-12-29-20)19(28)11-32-23-26-25-22(31-23)15-3-5-16(24)6-4-15/h3-10H,11-12H2,1-2H3. The Morgan fingerprint density at radius 3 is 2.66 bits per heavy atom. The molecular weight excluding hydrogens is 433 g/mol. The van der Waals surface area contributed by atoms with Crippen LogP contribution in [0.2, 0.25) is 0 Å². The molecule has 0 N–H and O–H groups in total. The van der Waals surface area contributed by atoms with Crippen molar-refractivity contribution in [1.82, 2.24) is 14.8 Å². The van der Waals surface area contributed by atoms with Crippen LogP contribution in [0.25, 0.3) is 17.1 Å². The third-order valence-corrected chi connectivity index (χ3v) is 5.99. The van der Waals surface area contributed by atoms with E-state index in [9.17, 15) is 9.18 Å². The zero-order chi connectivity index (χ0) is 22.2. The molecule has 9 heteroatoms. The summed E-state index contributed by atoms with van der Waals surface area (Å²) in [6.07, 6.45) is 0. The Morgan fingerprint density at radius 2 is 1.84 bits per heavy atom. The van der Waals surface area contributed by atoms with Gasteiger partial charge in [-0.1, -0.05) is 11.8 Å². The number of nitrogens with zero attached hydrogens (tertiary/aromatic N) is 3. The molecule has 162 valence electrons. The highest BCUT2D eigenvalue weighted by Crippen LogP contribution is 2.35. The fraction of sp³-hybridized carbons (Fsp3) is 0.174. The molecule has 0 saturated carbocycles. The lowest BCUT2D eigenvalue weighted by atomic mass is 10.2. The Kier molecular flexibility index (Phi) is 5.18. The first kappa shape index (κ1) is 20.3. The predicted molar refractivity (Wildman–Crippen MR) is 116 cm³/mol. The number of aromatic nitrogens is 3. The van der Waals surface area contributed by atoms with E-state index >= 15 is 0 Å². The van der Waals surface area contributed by atoms with E-state index in [1.165, 1.54) is 23.9 Å². The molecule has 2 aromatic heterocycles. The number of hydrogen-bond acceptors (Lipinski definition) is 7. The van der Waals surface area contributed by atoms with Gasteiger partial charge in [-0.25, -0.2) is 4.39 Å². The molecule has 0 radical (unpaired) electrons. The van der Waals surface area contributed by atoms with Crippen LogP contribution in [0.5, 0.6) is 11.5 Å². The summed E-state index contributed by atoms with van der Waals surface area (Å²) in [5, 5.41) is 8.23. The molecule has 0 bridgehead atoms. The van der Waals surface area contributed by atoms with Gasteiger partial charge in [0.05, 0.1) is 5.75 Å². The monoisotopic (exact) mass is 451 g/mol. The van der Waals surface area contributed by atoms with Gasteiger partial charge in [0.2, 0.25) is 12.7 Å². The number of carbonyl (C=O) groups is 1. The van der Waals surface area contributed by atoms with Crippen LogP contribution in [0, 0.1) is 19.7 Å². The van der Waals surface area contributed by atoms with E-state index in [1.807, 2.05) is 42.7 Å². The van der Waals surface area contributed by atoms with Crippen molar-refractivity contribution in [1.29, 1.82) is 0 Å². The van der Waals surface area contributed by atoms with Crippen LogP contribution < -0.4 is 9.47 Å². The van der Waals surface area contributed by atoms with E-state index in [-0.39, 0.29) is 35.3 Å². The van der Waals surface area contributed by atoms with Crippen molar-refractivity contribution < 1.29 is 23.1 Å².